The van der Waals surface area contributed by atoms with Crippen molar-refractivity contribution < 1.29 is 22.7 Å². The van der Waals surface area contributed by atoms with Gasteiger partial charge in [0.15, 0.2) is 15.9 Å². The minimum absolute atomic E-state index is 0.0496. The number of carbonyl (C=O) groups is 2. The molecule has 3 atom stereocenters. The highest BCUT2D eigenvalue weighted by atomic mass is 32.2. The van der Waals surface area contributed by atoms with Crippen LogP contribution < -0.4 is 5.32 Å². The first-order valence-electron chi connectivity index (χ1n) is 9.78. The standard InChI is InChI=1S/C20H29NO5S2/c1-12(18(22)21-15-7-8-28(24,25)11-15)26-19(23)17-10-13-9-14(20(2,3)4)5-6-16(13)27-17/h10,12,14-15H,5-9,11H2,1-4H3,(H,21,22)/t12-,14+,15-/m1/s1. The van der Waals surface area contributed by atoms with Gasteiger partial charge in [-0.25, -0.2) is 13.2 Å². The SMILES string of the molecule is C[C@@H](OC(=O)c1cc2c(s1)CC[C@H](C(C)(C)C)C2)C(=O)N[C@@H]1CCS(=O)(=O)C1. The third-order valence-electron chi connectivity index (χ3n) is 5.74. The zero-order valence-electron chi connectivity index (χ0n) is 16.9. The molecule has 1 aromatic rings. The monoisotopic (exact) mass is 427 g/mol. The van der Waals surface area contributed by atoms with Gasteiger partial charge in [-0.3, -0.25) is 4.79 Å². The molecule has 0 aromatic carbocycles. The van der Waals surface area contributed by atoms with Gasteiger partial charge in [-0.1, -0.05) is 20.8 Å². The van der Waals surface area contributed by atoms with Crippen LogP contribution in [0.4, 0.5) is 0 Å². The van der Waals surface area contributed by atoms with Crippen molar-refractivity contribution in [2.75, 3.05) is 11.5 Å². The van der Waals surface area contributed by atoms with Crippen LogP contribution in [-0.4, -0.2) is 43.9 Å². The van der Waals surface area contributed by atoms with Crippen LogP contribution in [0.2, 0.25) is 0 Å². The largest absolute Gasteiger partial charge is 0.448 e. The molecule has 8 heteroatoms. The predicted molar refractivity (Wildman–Crippen MR) is 109 cm³/mol. The summed E-state index contributed by atoms with van der Waals surface area (Å²) in [5.41, 5.74) is 1.46. The van der Waals surface area contributed by atoms with Crippen LogP contribution in [0.5, 0.6) is 0 Å². The molecule has 2 heterocycles. The molecule has 0 spiro atoms. The number of amides is 1. The van der Waals surface area contributed by atoms with Crippen molar-refractivity contribution in [1.82, 2.24) is 5.32 Å². The first-order chi connectivity index (χ1) is 12.9. The van der Waals surface area contributed by atoms with Gasteiger partial charge in [0.1, 0.15) is 4.88 Å². The minimum atomic E-state index is -3.07. The molecule has 0 unspecified atom stereocenters. The molecule has 0 bridgehead atoms. The number of thiophene rings is 1. The molecule has 1 aromatic heterocycles. The fraction of sp³-hybridized carbons (Fsp3) is 0.700. The van der Waals surface area contributed by atoms with E-state index in [2.05, 4.69) is 26.1 Å². The summed E-state index contributed by atoms with van der Waals surface area (Å²) in [5, 5.41) is 2.67. The van der Waals surface area contributed by atoms with E-state index in [4.69, 9.17) is 4.74 Å². The molecule has 3 rings (SSSR count). The lowest BCUT2D eigenvalue weighted by Crippen LogP contribution is -2.42. The van der Waals surface area contributed by atoms with Crippen molar-refractivity contribution in [3.05, 3.63) is 21.4 Å². The molecule has 1 aliphatic carbocycles. The minimum Gasteiger partial charge on any atom is -0.448 e. The Morgan fingerprint density at radius 1 is 1.29 bits per heavy atom. The van der Waals surface area contributed by atoms with E-state index in [-0.39, 0.29) is 16.9 Å². The number of nitrogens with one attached hydrogen (secondary N) is 1. The Morgan fingerprint density at radius 2 is 2.00 bits per heavy atom. The summed E-state index contributed by atoms with van der Waals surface area (Å²) >= 11 is 1.46. The first-order valence-corrected chi connectivity index (χ1v) is 12.4. The summed E-state index contributed by atoms with van der Waals surface area (Å²) < 4.78 is 28.3. The maximum absolute atomic E-state index is 12.5. The number of hydrogen-bond donors (Lipinski definition) is 1. The molecule has 1 aliphatic heterocycles. The predicted octanol–water partition coefficient (Wildman–Crippen LogP) is 2.75. The van der Waals surface area contributed by atoms with Gasteiger partial charge in [-0.2, -0.15) is 0 Å². The Labute approximate surface area is 171 Å². The summed E-state index contributed by atoms with van der Waals surface area (Å²) in [6.45, 7) is 8.26. The summed E-state index contributed by atoms with van der Waals surface area (Å²) in [5.74, 6) is -0.321. The smallest absolute Gasteiger partial charge is 0.349 e. The van der Waals surface area contributed by atoms with Crippen molar-refractivity contribution in [3.63, 3.8) is 0 Å². The summed E-state index contributed by atoms with van der Waals surface area (Å²) in [7, 11) is -3.07. The van der Waals surface area contributed by atoms with E-state index in [9.17, 15) is 18.0 Å². The molecular formula is C20H29NO5S2. The third-order valence-corrected chi connectivity index (χ3v) is 8.73. The molecule has 6 nitrogen and oxygen atoms in total. The Bertz CT molecular complexity index is 866. The van der Waals surface area contributed by atoms with E-state index < -0.39 is 33.9 Å². The highest BCUT2D eigenvalue weighted by molar-refractivity contribution is 7.91. The zero-order chi connectivity index (χ0) is 20.7. The second-order valence-corrected chi connectivity index (χ2v) is 12.4. The van der Waals surface area contributed by atoms with Gasteiger partial charge in [0.2, 0.25) is 0 Å². The van der Waals surface area contributed by atoms with Gasteiger partial charge in [-0.05, 0) is 55.6 Å². The molecule has 28 heavy (non-hydrogen) atoms. The average molecular weight is 428 g/mol. The fourth-order valence-corrected chi connectivity index (χ4v) is 6.63. The van der Waals surface area contributed by atoms with Crippen LogP contribution in [0.25, 0.3) is 0 Å². The van der Waals surface area contributed by atoms with Crippen molar-refractivity contribution in [2.45, 2.75) is 65.5 Å². The number of rotatable bonds is 4. The number of aryl methyl sites for hydroxylation is 1. The van der Waals surface area contributed by atoms with E-state index in [0.29, 0.717) is 17.2 Å². The lowest BCUT2D eigenvalue weighted by Gasteiger charge is -2.33. The number of hydrogen-bond acceptors (Lipinski definition) is 6. The second-order valence-electron chi connectivity index (χ2n) is 9.02. The number of fused-ring (bicyclic) bond motifs is 1. The first kappa shape index (κ1) is 21.3. The average Bonchev–Trinajstić information content (AvgIpc) is 3.16. The van der Waals surface area contributed by atoms with Gasteiger partial charge in [0.25, 0.3) is 5.91 Å². The number of esters is 1. The van der Waals surface area contributed by atoms with E-state index >= 15 is 0 Å². The van der Waals surface area contributed by atoms with Crippen LogP contribution >= 0.6 is 11.3 Å². The van der Waals surface area contributed by atoms with E-state index in [1.165, 1.54) is 28.7 Å². The number of ether oxygens (including phenoxy) is 1. The van der Waals surface area contributed by atoms with Crippen LogP contribution in [0, 0.1) is 11.3 Å². The van der Waals surface area contributed by atoms with Gasteiger partial charge in [-0.15, -0.1) is 11.3 Å². The lowest BCUT2D eigenvalue weighted by molar-refractivity contribution is -0.129. The Hall–Kier alpha value is -1.41. The molecule has 156 valence electrons. The molecule has 0 radical (unpaired) electrons. The number of sulfone groups is 1. The molecular weight excluding hydrogens is 398 g/mol. The van der Waals surface area contributed by atoms with Gasteiger partial charge in [0.05, 0.1) is 11.5 Å². The van der Waals surface area contributed by atoms with Crippen molar-refractivity contribution in [1.29, 1.82) is 0 Å². The van der Waals surface area contributed by atoms with Crippen LogP contribution in [-0.2, 0) is 32.2 Å². The fourth-order valence-electron chi connectivity index (χ4n) is 3.86. The number of carbonyl (C=O) groups excluding carboxylic acids is 2. The van der Waals surface area contributed by atoms with Crippen LogP contribution in [0.1, 0.15) is 60.6 Å². The van der Waals surface area contributed by atoms with Crippen molar-refractivity contribution in [2.24, 2.45) is 11.3 Å². The molecule has 1 N–H and O–H groups in total. The Morgan fingerprint density at radius 3 is 2.61 bits per heavy atom. The zero-order valence-corrected chi connectivity index (χ0v) is 18.5. The summed E-state index contributed by atoms with van der Waals surface area (Å²) in [6.07, 6.45) is 2.50. The van der Waals surface area contributed by atoms with Gasteiger partial charge in [0, 0.05) is 10.9 Å². The molecule has 2 aliphatic rings. The lowest BCUT2D eigenvalue weighted by atomic mass is 9.72. The third kappa shape index (κ3) is 4.95. The quantitative estimate of drug-likeness (QED) is 0.747. The normalized spacial score (nSPS) is 25.0. The van der Waals surface area contributed by atoms with Crippen LogP contribution in [0.15, 0.2) is 6.07 Å². The van der Waals surface area contributed by atoms with Gasteiger partial charge >= 0.3 is 5.97 Å². The van der Waals surface area contributed by atoms with Crippen LogP contribution in [0.3, 0.4) is 0 Å². The molecule has 1 fully saturated rings. The molecule has 1 amide bonds. The van der Waals surface area contributed by atoms with Crippen molar-refractivity contribution in [3.8, 4) is 0 Å². The van der Waals surface area contributed by atoms with Gasteiger partial charge < -0.3 is 10.1 Å². The Kier molecular flexibility index (Phi) is 5.92. The van der Waals surface area contributed by atoms with Crippen molar-refractivity contribution >= 4 is 33.1 Å². The van der Waals surface area contributed by atoms with E-state index in [0.717, 1.165) is 19.3 Å². The summed E-state index contributed by atoms with van der Waals surface area (Å²) in [4.78, 5) is 26.5. The Balaban J connectivity index is 1.58. The molecule has 1 saturated heterocycles. The van der Waals surface area contributed by atoms with E-state index in [1.807, 2.05) is 6.07 Å². The topological polar surface area (TPSA) is 89.5 Å². The maximum atomic E-state index is 12.5. The highest BCUT2D eigenvalue weighted by Gasteiger charge is 2.32. The van der Waals surface area contributed by atoms with E-state index in [1.54, 1.807) is 0 Å². The highest BCUT2D eigenvalue weighted by Crippen LogP contribution is 2.40. The second kappa shape index (κ2) is 7.78. The maximum Gasteiger partial charge on any atom is 0.349 e. The summed E-state index contributed by atoms with van der Waals surface area (Å²) in [6, 6.07) is 1.51. The molecule has 0 saturated carbocycles.